The molecule has 0 bridgehead atoms. The van der Waals surface area contributed by atoms with Crippen molar-refractivity contribution in [2.75, 3.05) is 19.8 Å². The van der Waals surface area contributed by atoms with Crippen LogP contribution in [0, 0.1) is 0 Å². The molecule has 1 unspecified atom stereocenters. The van der Waals surface area contributed by atoms with Crippen LogP contribution in [0.3, 0.4) is 0 Å². The molecule has 1 atom stereocenters. The normalized spacial score (nSPS) is 18.3. The summed E-state index contributed by atoms with van der Waals surface area (Å²) >= 11 is 0. The van der Waals surface area contributed by atoms with Crippen molar-refractivity contribution in [2.45, 2.75) is 38.5 Å². The van der Waals surface area contributed by atoms with E-state index in [1.165, 1.54) is 0 Å². The third-order valence-corrected chi connectivity index (χ3v) is 3.08. The molecule has 1 fully saturated rings. The molecule has 5 nitrogen and oxygen atoms in total. The van der Waals surface area contributed by atoms with E-state index in [1.54, 1.807) is 0 Å². The molecule has 2 heterocycles. The number of rotatable bonds is 7. The van der Waals surface area contributed by atoms with Crippen molar-refractivity contribution in [1.29, 1.82) is 0 Å². The van der Waals surface area contributed by atoms with Crippen molar-refractivity contribution >= 4 is 0 Å². The quantitative estimate of drug-likeness (QED) is 0.790. The average molecular weight is 253 g/mol. The first-order valence-corrected chi connectivity index (χ1v) is 6.73. The smallest absolute Gasteiger partial charge is 0.159 e. The predicted octanol–water partition coefficient (Wildman–Crippen LogP) is 1.09. The lowest BCUT2D eigenvalue weighted by Gasteiger charge is -2.20. The topological polar surface area (TPSA) is 48.3 Å². The first-order valence-electron chi connectivity index (χ1n) is 6.73. The van der Waals surface area contributed by atoms with E-state index in [1.807, 2.05) is 17.9 Å². The van der Waals surface area contributed by atoms with Gasteiger partial charge in [0.1, 0.15) is 0 Å². The van der Waals surface area contributed by atoms with Crippen LogP contribution in [-0.4, -0.2) is 41.9 Å². The Hall–Kier alpha value is -0.910. The molecule has 1 aliphatic rings. The summed E-state index contributed by atoms with van der Waals surface area (Å²) in [5.74, 6) is 0. The van der Waals surface area contributed by atoms with Gasteiger partial charge in [0, 0.05) is 32.1 Å². The fourth-order valence-electron chi connectivity index (χ4n) is 2.19. The third kappa shape index (κ3) is 4.08. The van der Waals surface area contributed by atoms with Gasteiger partial charge >= 0.3 is 0 Å². The Bertz CT molecular complexity index is 348. The SMILES string of the molecule is CCCNC(Cc1ccn(C)n1)CC1OCCO1. The van der Waals surface area contributed by atoms with Crippen LogP contribution in [0.15, 0.2) is 12.3 Å². The number of nitrogens with zero attached hydrogens (tertiary/aromatic N) is 2. The summed E-state index contributed by atoms with van der Waals surface area (Å²) in [4.78, 5) is 0. The molecule has 1 aliphatic heterocycles. The van der Waals surface area contributed by atoms with Crippen LogP contribution < -0.4 is 5.32 Å². The minimum atomic E-state index is -0.0527. The van der Waals surface area contributed by atoms with Gasteiger partial charge in [-0.05, 0) is 19.0 Å². The molecule has 0 aromatic carbocycles. The molecule has 0 radical (unpaired) electrons. The van der Waals surface area contributed by atoms with E-state index >= 15 is 0 Å². The molecule has 102 valence electrons. The minimum Gasteiger partial charge on any atom is -0.350 e. The van der Waals surface area contributed by atoms with E-state index in [0.29, 0.717) is 6.04 Å². The van der Waals surface area contributed by atoms with Gasteiger partial charge in [0.25, 0.3) is 0 Å². The van der Waals surface area contributed by atoms with Crippen LogP contribution in [0.2, 0.25) is 0 Å². The van der Waals surface area contributed by atoms with E-state index in [4.69, 9.17) is 9.47 Å². The van der Waals surface area contributed by atoms with E-state index < -0.39 is 0 Å². The maximum atomic E-state index is 5.52. The fraction of sp³-hybridized carbons (Fsp3) is 0.769. The zero-order valence-electron chi connectivity index (χ0n) is 11.3. The number of ether oxygens (including phenoxy) is 2. The Kier molecular flexibility index (Phi) is 5.16. The lowest BCUT2D eigenvalue weighted by Crippen LogP contribution is -2.35. The van der Waals surface area contributed by atoms with Crippen LogP contribution in [0.5, 0.6) is 0 Å². The van der Waals surface area contributed by atoms with Crippen LogP contribution in [0.25, 0.3) is 0 Å². The molecule has 2 rings (SSSR count). The summed E-state index contributed by atoms with van der Waals surface area (Å²) in [6, 6.07) is 2.43. The highest BCUT2D eigenvalue weighted by molar-refractivity contribution is 5.01. The summed E-state index contributed by atoms with van der Waals surface area (Å²) in [6.45, 7) is 4.63. The number of aromatic nitrogens is 2. The van der Waals surface area contributed by atoms with Gasteiger partial charge in [0.15, 0.2) is 6.29 Å². The standard InChI is InChI=1S/C13H23N3O2/c1-3-5-14-12(10-13-17-7-8-18-13)9-11-4-6-16(2)15-11/h4,6,12-14H,3,5,7-10H2,1-2H3. The summed E-state index contributed by atoms with van der Waals surface area (Å²) in [7, 11) is 1.95. The molecular formula is C13H23N3O2. The highest BCUT2D eigenvalue weighted by Crippen LogP contribution is 2.13. The second-order valence-corrected chi connectivity index (χ2v) is 4.74. The van der Waals surface area contributed by atoms with Gasteiger partial charge in [-0.2, -0.15) is 5.10 Å². The average Bonchev–Trinajstić information content (AvgIpc) is 2.98. The molecule has 0 spiro atoms. The van der Waals surface area contributed by atoms with Crippen molar-refractivity contribution in [3.8, 4) is 0 Å². The van der Waals surface area contributed by atoms with Crippen LogP contribution >= 0.6 is 0 Å². The monoisotopic (exact) mass is 253 g/mol. The Morgan fingerprint density at radius 2 is 2.28 bits per heavy atom. The van der Waals surface area contributed by atoms with E-state index in [0.717, 1.165) is 44.7 Å². The Morgan fingerprint density at radius 1 is 1.50 bits per heavy atom. The molecule has 1 aromatic rings. The highest BCUT2D eigenvalue weighted by Gasteiger charge is 2.21. The lowest BCUT2D eigenvalue weighted by molar-refractivity contribution is -0.0526. The van der Waals surface area contributed by atoms with Gasteiger partial charge in [-0.1, -0.05) is 6.92 Å². The number of hydrogen-bond donors (Lipinski definition) is 1. The van der Waals surface area contributed by atoms with Crippen LogP contribution in [-0.2, 0) is 22.9 Å². The predicted molar refractivity (Wildman–Crippen MR) is 69.3 cm³/mol. The van der Waals surface area contributed by atoms with Crippen molar-refractivity contribution < 1.29 is 9.47 Å². The molecule has 5 heteroatoms. The fourth-order valence-corrected chi connectivity index (χ4v) is 2.19. The van der Waals surface area contributed by atoms with Gasteiger partial charge < -0.3 is 14.8 Å². The second kappa shape index (κ2) is 6.87. The molecule has 18 heavy (non-hydrogen) atoms. The van der Waals surface area contributed by atoms with E-state index in [-0.39, 0.29) is 6.29 Å². The number of aryl methyl sites for hydroxylation is 1. The zero-order valence-corrected chi connectivity index (χ0v) is 11.3. The first kappa shape index (κ1) is 13.5. The van der Waals surface area contributed by atoms with Crippen molar-refractivity contribution in [3.05, 3.63) is 18.0 Å². The zero-order chi connectivity index (χ0) is 12.8. The number of hydrogen-bond acceptors (Lipinski definition) is 4. The minimum absolute atomic E-state index is 0.0527. The lowest BCUT2D eigenvalue weighted by atomic mass is 10.1. The molecule has 1 aromatic heterocycles. The second-order valence-electron chi connectivity index (χ2n) is 4.74. The van der Waals surface area contributed by atoms with Crippen LogP contribution in [0.4, 0.5) is 0 Å². The Labute approximate surface area is 108 Å². The molecule has 0 aliphatic carbocycles. The highest BCUT2D eigenvalue weighted by atomic mass is 16.7. The number of nitrogens with one attached hydrogen (secondary N) is 1. The van der Waals surface area contributed by atoms with Gasteiger partial charge in [0.2, 0.25) is 0 Å². The van der Waals surface area contributed by atoms with Crippen molar-refractivity contribution in [3.63, 3.8) is 0 Å². The summed E-state index contributed by atoms with van der Waals surface area (Å²) < 4.78 is 12.9. The summed E-state index contributed by atoms with van der Waals surface area (Å²) in [6.07, 6.45) is 4.86. The van der Waals surface area contributed by atoms with E-state index in [9.17, 15) is 0 Å². The van der Waals surface area contributed by atoms with Gasteiger partial charge in [-0.25, -0.2) is 0 Å². The van der Waals surface area contributed by atoms with Crippen molar-refractivity contribution in [2.24, 2.45) is 7.05 Å². The molecule has 1 N–H and O–H groups in total. The summed E-state index contributed by atoms with van der Waals surface area (Å²) in [5.41, 5.74) is 1.11. The van der Waals surface area contributed by atoms with E-state index in [2.05, 4.69) is 23.4 Å². The molecule has 0 amide bonds. The maximum Gasteiger partial charge on any atom is 0.159 e. The first-order chi connectivity index (χ1) is 8.78. The molecule has 1 saturated heterocycles. The van der Waals surface area contributed by atoms with Crippen LogP contribution in [0.1, 0.15) is 25.5 Å². The van der Waals surface area contributed by atoms with Gasteiger partial charge in [0.05, 0.1) is 18.9 Å². The molecule has 0 saturated carbocycles. The Morgan fingerprint density at radius 3 is 2.89 bits per heavy atom. The largest absolute Gasteiger partial charge is 0.350 e. The van der Waals surface area contributed by atoms with Crippen molar-refractivity contribution in [1.82, 2.24) is 15.1 Å². The van der Waals surface area contributed by atoms with Gasteiger partial charge in [-0.15, -0.1) is 0 Å². The van der Waals surface area contributed by atoms with Gasteiger partial charge in [-0.3, -0.25) is 4.68 Å². The Balaban J connectivity index is 1.86. The summed E-state index contributed by atoms with van der Waals surface area (Å²) in [5, 5.41) is 7.97. The third-order valence-electron chi connectivity index (χ3n) is 3.08. The maximum absolute atomic E-state index is 5.52. The molecular weight excluding hydrogens is 230 g/mol.